The summed E-state index contributed by atoms with van der Waals surface area (Å²) in [6.45, 7) is 4.92. The Morgan fingerprint density at radius 1 is 1.17 bits per heavy atom. The van der Waals surface area contributed by atoms with Gasteiger partial charge in [0, 0.05) is 11.5 Å². The molecular formula is C8H12O4. The van der Waals surface area contributed by atoms with Gasteiger partial charge in [-0.05, 0) is 0 Å². The Labute approximate surface area is 70.5 Å². The van der Waals surface area contributed by atoms with Crippen LogP contribution in [0.3, 0.4) is 0 Å². The van der Waals surface area contributed by atoms with Crippen LogP contribution in [0.4, 0.5) is 0 Å². The van der Waals surface area contributed by atoms with Crippen molar-refractivity contribution in [3.8, 4) is 0 Å². The van der Waals surface area contributed by atoms with Gasteiger partial charge in [0.2, 0.25) is 5.76 Å². The number of hydrogen-bond donors (Lipinski definition) is 2. The van der Waals surface area contributed by atoms with Gasteiger partial charge in [0.05, 0.1) is 0 Å². The number of aliphatic hydroxyl groups is 1. The van der Waals surface area contributed by atoms with Gasteiger partial charge in [-0.3, -0.25) is 4.79 Å². The molecule has 0 aromatic rings. The summed E-state index contributed by atoms with van der Waals surface area (Å²) in [4.78, 5) is 21.2. The van der Waals surface area contributed by atoms with Crippen LogP contribution in [0, 0.1) is 5.41 Å². The molecule has 12 heavy (non-hydrogen) atoms. The number of aliphatic hydroxyl groups excluding tert-OH is 1. The average Bonchev–Trinajstić information content (AvgIpc) is 1.85. The van der Waals surface area contributed by atoms with E-state index in [-0.39, 0.29) is 0 Å². The molecule has 0 bridgehead atoms. The van der Waals surface area contributed by atoms with Crippen LogP contribution in [0.25, 0.3) is 0 Å². The van der Waals surface area contributed by atoms with Crippen LogP contribution in [-0.4, -0.2) is 22.0 Å². The van der Waals surface area contributed by atoms with Crippen LogP contribution in [0.15, 0.2) is 11.8 Å². The van der Waals surface area contributed by atoms with E-state index in [1.54, 1.807) is 20.8 Å². The van der Waals surface area contributed by atoms with E-state index < -0.39 is 22.9 Å². The maximum atomic E-state index is 11.1. The molecule has 2 N–H and O–H groups in total. The number of carbonyl (C=O) groups excluding carboxylic acids is 1. The van der Waals surface area contributed by atoms with Gasteiger partial charge in [-0.25, -0.2) is 4.79 Å². The molecule has 0 rings (SSSR count). The summed E-state index contributed by atoms with van der Waals surface area (Å²) in [5.74, 6) is -2.83. The van der Waals surface area contributed by atoms with Gasteiger partial charge in [-0.2, -0.15) is 0 Å². The molecule has 0 unspecified atom stereocenters. The van der Waals surface area contributed by atoms with Crippen LogP contribution in [-0.2, 0) is 9.59 Å². The van der Waals surface area contributed by atoms with Crippen molar-refractivity contribution in [1.82, 2.24) is 0 Å². The molecule has 0 aliphatic carbocycles. The molecule has 0 aromatic carbocycles. The summed E-state index contributed by atoms with van der Waals surface area (Å²) in [5, 5.41) is 16.9. The zero-order chi connectivity index (χ0) is 9.94. The van der Waals surface area contributed by atoms with E-state index in [9.17, 15) is 9.59 Å². The molecule has 0 spiro atoms. The Morgan fingerprint density at radius 2 is 1.58 bits per heavy atom. The first-order valence-corrected chi connectivity index (χ1v) is 3.43. The lowest BCUT2D eigenvalue weighted by atomic mass is 9.90. The second-order valence-electron chi connectivity index (χ2n) is 3.45. The smallest absolute Gasteiger partial charge is 0.371 e. The first kappa shape index (κ1) is 10.7. The van der Waals surface area contributed by atoms with Crippen molar-refractivity contribution in [2.24, 2.45) is 5.41 Å². The van der Waals surface area contributed by atoms with Crippen LogP contribution in [0.5, 0.6) is 0 Å². The summed E-state index contributed by atoms with van der Waals surface area (Å²) in [6, 6.07) is 0. The van der Waals surface area contributed by atoms with Crippen molar-refractivity contribution in [2.45, 2.75) is 20.8 Å². The molecule has 68 valence electrons. The highest BCUT2D eigenvalue weighted by Crippen LogP contribution is 2.15. The van der Waals surface area contributed by atoms with Crippen molar-refractivity contribution in [3.63, 3.8) is 0 Å². The van der Waals surface area contributed by atoms with E-state index in [0.29, 0.717) is 0 Å². The quantitative estimate of drug-likeness (QED) is 0.483. The van der Waals surface area contributed by atoms with E-state index in [2.05, 4.69) is 0 Å². The minimum absolute atomic E-state index is 0.414. The van der Waals surface area contributed by atoms with E-state index in [1.807, 2.05) is 0 Å². The number of allylic oxidation sites excluding steroid dienone is 1. The zero-order valence-corrected chi connectivity index (χ0v) is 7.29. The molecule has 0 aromatic heterocycles. The molecule has 0 heterocycles. The topological polar surface area (TPSA) is 74.6 Å². The van der Waals surface area contributed by atoms with Crippen LogP contribution < -0.4 is 0 Å². The van der Waals surface area contributed by atoms with Gasteiger partial charge in [-0.1, -0.05) is 20.8 Å². The fraction of sp³-hybridized carbons (Fsp3) is 0.500. The van der Waals surface area contributed by atoms with E-state index in [4.69, 9.17) is 10.2 Å². The first-order valence-electron chi connectivity index (χ1n) is 3.43. The van der Waals surface area contributed by atoms with Gasteiger partial charge in [-0.15, -0.1) is 0 Å². The second-order valence-corrected chi connectivity index (χ2v) is 3.45. The molecule has 0 aliphatic heterocycles. The summed E-state index contributed by atoms with van der Waals surface area (Å²) < 4.78 is 0. The Balaban J connectivity index is 4.57. The number of aliphatic carboxylic acids is 1. The molecule has 0 saturated heterocycles. The standard InChI is InChI=1S/C8H12O4/c1-8(2,3)6(10)4-5(9)7(11)12/h4,9H,1-3H3,(H,11,12)/b5-4-. The average molecular weight is 172 g/mol. The lowest BCUT2D eigenvalue weighted by molar-refractivity contribution is -0.136. The Bertz CT molecular complexity index is 232. The fourth-order valence-corrected chi connectivity index (χ4v) is 0.402. The lowest BCUT2D eigenvalue weighted by Gasteiger charge is -2.12. The zero-order valence-electron chi connectivity index (χ0n) is 7.29. The normalized spacial score (nSPS) is 12.8. The van der Waals surface area contributed by atoms with E-state index in [1.165, 1.54) is 0 Å². The third-order valence-corrected chi connectivity index (χ3v) is 1.23. The largest absolute Gasteiger partial charge is 0.502 e. The molecule has 4 nitrogen and oxygen atoms in total. The summed E-state index contributed by atoms with van der Waals surface area (Å²) in [5.41, 5.74) is -0.663. The van der Waals surface area contributed by atoms with E-state index in [0.717, 1.165) is 6.08 Å². The van der Waals surface area contributed by atoms with Gasteiger partial charge in [0.25, 0.3) is 0 Å². The highest BCUT2D eigenvalue weighted by Gasteiger charge is 2.20. The second kappa shape index (κ2) is 3.38. The lowest BCUT2D eigenvalue weighted by Crippen LogP contribution is -2.19. The highest BCUT2D eigenvalue weighted by atomic mass is 16.4. The van der Waals surface area contributed by atoms with Gasteiger partial charge >= 0.3 is 5.97 Å². The number of rotatable bonds is 2. The van der Waals surface area contributed by atoms with Crippen molar-refractivity contribution >= 4 is 11.8 Å². The molecule has 0 saturated carbocycles. The predicted molar refractivity (Wildman–Crippen MR) is 42.8 cm³/mol. The Morgan fingerprint density at radius 3 is 1.83 bits per heavy atom. The molecule has 0 aliphatic rings. The monoisotopic (exact) mass is 172 g/mol. The third kappa shape index (κ3) is 3.18. The number of carbonyl (C=O) groups is 2. The highest BCUT2D eigenvalue weighted by molar-refractivity contribution is 5.99. The number of carboxylic acid groups (broad SMARTS) is 1. The molecule has 0 fully saturated rings. The number of carboxylic acids is 1. The molecule has 0 radical (unpaired) electrons. The van der Waals surface area contributed by atoms with Crippen LogP contribution in [0.1, 0.15) is 20.8 Å². The van der Waals surface area contributed by atoms with Crippen LogP contribution in [0.2, 0.25) is 0 Å². The van der Waals surface area contributed by atoms with Crippen LogP contribution >= 0.6 is 0 Å². The van der Waals surface area contributed by atoms with Gasteiger partial charge in [0.1, 0.15) is 0 Å². The van der Waals surface area contributed by atoms with Crippen molar-refractivity contribution in [2.75, 3.05) is 0 Å². The predicted octanol–water partition coefficient (Wildman–Crippen LogP) is 1.13. The molecular weight excluding hydrogens is 160 g/mol. The minimum Gasteiger partial charge on any atom is -0.502 e. The number of hydrogen-bond acceptors (Lipinski definition) is 3. The Hall–Kier alpha value is -1.32. The third-order valence-electron chi connectivity index (χ3n) is 1.23. The summed E-state index contributed by atoms with van der Waals surface area (Å²) >= 11 is 0. The Kier molecular flexibility index (Phi) is 3.01. The molecule has 4 heteroatoms. The number of ketones is 1. The maximum Gasteiger partial charge on any atom is 0.371 e. The summed E-state index contributed by atoms with van der Waals surface area (Å²) in [7, 11) is 0. The fourth-order valence-electron chi connectivity index (χ4n) is 0.402. The van der Waals surface area contributed by atoms with Crippen molar-refractivity contribution < 1.29 is 19.8 Å². The van der Waals surface area contributed by atoms with Crippen molar-refractivity contribution in [3.05, 3.63) is 11.8 Å². The van der Waals surface area contributed by atoms with Gasteiger partial charge in [0.15, 0.2) is 5.78 Å². The maximum absolute atomic E-state index is 11.1. The molecule has 0 amide bonds. The minimum atomic E-state index is -1.49. The first-order chi connectivity index (χ1) is 5.25. The van der Waals surface area contributed by atoms with Gasteiger partial charge < -0.3 is 10.2 Å². The molecule has 0 atom stereocenters. The summed E-state index contributed by atoms with van der Waals surface area (Å²) in [6.07, 6.45) is 0.725. The van der Waals surface area contributed by atoms with Crippen molar-refractivity contribution in [1.29, 1.82) is 0 Å². The van der Waals surface area contributed by atoms with E-state index >= 15 is 0 Å². The SMILES string of the molecule is CC(C)(C)C(=O)/C=C(\O)C(=O)O.